The summed E-state index contributed by atoms with van der Waals surface area (Å²) in [5.41, 5.74) is 1.56. The molecule has 0 aliphatic carbocycles. The highest BCUT2D eigenvalue weighted by atomic mass is 16.5. The molecule has 2 rings (SSSR count). The average molecular weight is 329 g/mol. The minimum Gasteiger partial charge on any atom is -0.493 e. The van der Waals surface area contributed by atoms with Gasteiger partial charge in [0.1, 0.15) is 0 Å². The van der Waals surface area contributed by atoms with E-state index < -0.39 is 0 Å². The van der Waals surface area contributed by atoms with Gasteiger partial charge in [0.2, 0.25) is 11.6 Å². The van der Waals surface area contributed by atoms with Crippen molar-refractivity contribution in [3.8, 4) is 17.2 Å². The fourth-order valence-corrected chi connectivity index (χ4v) is 2.21. The van der Waals surface area contributed by atoms with Crippen LogP contribution in [0.2, 0.25) is 0 Å². The van der Waals surface area contributed by atoms with Crippen molar-refractivity contribution in [3.05, 3.63) is 48.0 Å². The van der Waals surface area contributed by atoms with Crippen LogP contribution in [0.25, 0.3) is 0 Å². The van der Waals surface area contributed by atoms with Crippen LogP contribution in [0.5, 0.6) is 17.2 Å². The smallest absolute Gasteiger partial charge is 0.221 e. The lowest BCUT2D eigenvalue weighted by Gasteiger charge is -2.17. The van der Waals surface area contributed by atoms with Crippen LogP contribution >= 0.6 is 0 Å². The van der Waals surface area contributed by atoms with Crippen LogP contribution in [0.15, 0.2) is 47.5 Å². The van der Waals surface area contributed by atoms with Gasteiger partial charge in [-0.25, -0.2) is 4.99 Å². The number of hydrogen-bond donors (Lipinski definition) is 0. The highest BCUT2D eigenvalue weighted by Crippen LogP contribution is 2.38. The van der Waals surface area contributed by atoms with Crippen molar-refractivity contribution in [3.63, 3.8) is 0 Å². The van der Waals surface area contributed by atoms with E-state index in [1.54, 1.807) is 21.3 Å². The minimum atomic E-state index is -0.0217. The second-order valence-corrected chi connectivity index (χ2v) is 5.33. The Morgan fingerprint density at radius 1 is 0.875 bits per heavy atom. The monoisotopic (exact) mass is 329 g/mol. The molecule has 0 radical (unpaired) electrons. The number of methoxy groups -OCH3 is 3. The highest BCUT2D eigenvalue weighted by molar-refractivity contribution is 5.97. The molecule has 0 aliphatic heterocycles. The third-order valence-corrected chi connectivity index (χ3v) is 3.25. The maximum Gasteiger partial charge on any atom is 0.221 e. The zero-order chi connectivity index (χ0) is 17.5. The van der Waals surface area contributed by atoms with Crippen LogP contribution in [-0.2, 0) is 4.74 Å². The van der Waals surface area contributed by atoms with Gasteiger partial charge in [-0.05, 0) is 38.1 Å². The number of para-hydroxylation sites is 1. The van der Waals surface area contributed by atoms with Crippen LogP contribution in [0.4, 0.5) is 5.69 Å². The molecule has 0 fully saturated rings. The average Bonchev–Trinajstić information content (AvgIpc) is 2.60. The number of nitrogens with zero attached hydrogens (tertiary/aromatic N) is 1. The molecule has 0 bridgehead atoms. The number of hydrogen-bond acceptors (Lipinski definition) is 5. The summed E-state index contributed by atoms with van der Waals surface area (Å²) in [5, 5.41) is 0. The van der Waals surface area contributed by atoms with E-state index in [4.69, 9.17) is 18.9 Å². The summed E-state index contributed by atoms with van der Waals surface area (Å²) in [4.78, 5) is 4.62. The first kappa shape index (κ1) is 17.7. The van der Waals surface area contributed by atoms with Gasteiger partial charge in [-0.1, -0.05) is 18.2 Å². The van der Waals surface area contributed by atoms with Gasteiger partial charge in [0, 0.05) is 5.56 Å². The Bertz CT molecular complexity index is 671. The van der Waals surface area contributed by atoms with Crippen LogP contribution in [0, 0.1) is 0 Å². The van der Waals surface area contributed by atoms with Crippen molar-refractivity contribution in [1.29, 1.82) is 0 Å². The van der Waals surface area contributed by atoms with Crippen molar-refractivity contribution in [2.45, 2.75) is 20.0 Å². The highest BCUT2D eigenvalue weighted by Gasteiger charge is 2.17. The number of rotatable bonds is 6. The first-order valence-electron chi connectivity index (χ1n) is 7.69. The van der Waals surface area contributed by atoms with Crippen LogP contribution < -0.4 is 14.2 Å². The molecule has 0 amide bonds. The van der Waals surface area contributed by atoms with E-state index in [0.717, 1.165) is 11.3 Å². The molecule has 0 saturated heterocycles. The van der Waals surface area contributed by atoms with Crippen molar-refractivity contribution < 1.29 is 18.9 Å². The quantitative estimate of drug-likeness (QED) is 0.588. The molecule has 0 aromatic heterocycles. The molecule has 0 aliphatic rings. The second kappa shape index (κ2) is 8.24. The lowest BCUT2D eigenvalue weighted by Crippen LogP contribution is -2.13. The van der Waals surface area contributed by atoms with E-state index in [1.165, 1.54) is 0 Å². The largest absolute Gasteiger partial charge is 0.493 e. The SMILES string of the molecule is COc1cc(C(=Nc2ccccc2)OC(C)C)cc(OC)c1OC. The van der Waals surface area contributed by atoms with E-state index in [0.29, 0.717) is 23.1 Å². The molecule has 0 spiro atoms. The maximum atomic E-state index is 5.91. The predicted octanol–water partition coefficient (Wildman–Crippen LogP) is 4.22. The van der Waals surface area contributed by atoms with Crippen molar-refractivity contribution >= 4 is 11.6 Å². The first-order chi connectivity index (χ1) is 11.6. The van der Waals surface area contributed by atoms with Crippen LogP contribution in [0.3, 0.4) is 0 Å². The summed E-state index contributed by atoms with van der Waals surface area (Å²) < 4.78 is 22.1. The Morgan fingerprint density at radius 3 is 1.92 bits per heavy atom. The lowest BCUT2D eigenvalue weighted by atomic mass is 10.1. The summed E-state index contributed by atoms with van der Waals surface area (Å²) in [6.45, 7) is 3.91. The zero-order valence-corrected chi connectivity index (χ0v) is 14.7. The summed E-state index contributed by atoms with van der Waals surface area (Å²) >= 11 is 0. The molecule has 0 N–H and O–H groups in total. The van der Waals surface area contributed by atoms with E-state index >= 15 is 0 Å². The van der Waals surface area contributed by atoms with Gasteiger partial charge in [-0.3, -0.25) is 0 Å². The van der Waals surface area contributed by atoms with Gasteiger partial charge >= 0.3 is 0 Å². The Labute approximate surface area is 142 Å². The van der Waals surface area contributed by atoms with Gasteiger partial charge in [0.05, 0.1) is 33.1 Å². The summed E-state index contributed by atoms with van der Waals surface area (Å²) in [6.07, 6.45) is -0.0217. The van der Waals surface area contributed by atoms with Crippen molar-refractivity contribution in [1.82, 2.24) is 0 Å². The summed E-state index contributed by atoms with van der Waals surface area (Å²) in [7, 11) is 4.74. The van der Waals surface area contributed by atoms with Crippen molar-refractivity contribution in [2.75, 3.05) is 21.3 Å². The molecule has 128 valence electrons. The minimum absolute atomic E-state index is 0.0217. The Balaban J connectivity index is 2.56. The van der Waals surface area contributed by atoms with Gasteiger partial charge < -0.3 is 18.9 Å². The molecule has 24 heavy (non-hydrogen) atoms. The first-order valence-corrected chi connectivity index (χ1v) is 7.69. The number of benzene rings is 2. The molecule has 0 atom stereocenters. The van der Waals surface area contributed by atoms with E-state index in [2.05, 4.69) is 4.99 Å². The lowest BCUT2D eigenvalue weighted by molar-refractivity contribution is 0.229. The Kier molecular flexibility index (Phi) is 6.07. The molecule has 0 heterocycles. The number of ether oxygens (including phenoxy) is 4. The molecule has 0 unspecified atom stereocenters. The Morgan fingerprint density at radius 2 is 1.46 bits per heavy atom. The zero-order valence-electron chi connectivity index (χ0n) is 14.7. The van der Waals surface area contributed by atoms with E-state index in [1.807, 2.05) is 56.3 Å². The third kappa shape index (κ3) is 4.19. The topological polar surface area (TPSA) is 49.3 Å². The summed E-state index contributed by atoms with van der Waals surface area (Å²) in [5.74, 6) is 2.14. The molecule has 5 heteroatoms. The fraction of sp³-hybridized carbons (Fsp3) is 0.316. The van der Waals surface area contributed by atoms with Gasteiger partial charge in [-0.15, -0.1) is 0 Å². The van der Waals surface area contributed by atoms with E-state index in [9.17, 15) is 0 Å². The molecule has 5 nitrogen and oxygen atoms in total. The van der Waals surface area contributed by atoms with Crippen LogP contribution in [-0.4, -0.2) is 33.3 Å². The predicted molar refractivity (Wildman–Crippen MR) is 95.0 cm³/mol. The maximum absolute atomic E-state index is 5.91. The van der Waals surface area contributed by atoms with Gasteiger partial charge in [-0.2, -0.15) is 0 Å². The molecule has 2 aromatic rings. The van der Waals surface area contributed by atoms with E-state index in [-0.39, 0.29) is 6.10 Å². The molecule has 0 saturated carbocycles. The Hall–Kier alpha value is -2.69. The fourth-order valence-electron chi connectivity index (χ4n) is 2.21. The number of aliphatic imine (C=N–C) groups is 1. The normalized spacial score (nSPS) is 11.3. The molecule has 2 aromatic carbocycles. The third-order valence-electron chi connectivity index (χ3n) is 3.25. The van der Waals surface area contributed by atoms with Crippen molar-refractivity contribution in [2.24, 2.45) is 4.99 Å². The standard InChI is InChI=1S/C19H23NO4/c1-13(2)24-19(20-15-9-7-6-8-10-15)14-11-16(21-3)18(23-5)17(12-14)22-4/h6-13H,1-5H3. The molecular formula is C19H23NO4. The second-order valence-electron chi connectivity index (χ2n) is 5.33. The summed E-state index contributed by atoms with van der Waals surface area (Å²) in [6, 6.07) is 13.3. The van der Waals surface area contributed by atoms with Crippen LogP contribution in [0.1, 0.15) is 19.4 Å². The van der Waals surface area contributed by atoms with Gasteiger partial charge in [0.25, 0.3) is 0 Å². The molecular weight excluding hydrogens is 306 g/mol. The van der Waals surface area contributed by atoms with Gasteiger partial charge in [0.15, 0.2) is 11.5 Å².